The van der Waals surface area contributed by atoms with Crippen molar-refractivity contribution < 1.29 is 18.3 Å². The van der Waals surface area contributed by atoms with Crippen LogP contribution in [0.2, 0.25) is 5.02 Å². The summed E-state index contributed by atoms with van der Waals surface area (Å²) in [6.07, 6.45) is 1.83. The molecule has 3 rings (SSSR count). The lowest BCUT2D eigenvalue weighted by molar-refractivity contribution is 0.201. The number of fused-ring (bicyclic) bond motifs is 1. The average Bonchev–Trinajstić information content (AvgIpc) is 3.03. The fourth-order valence-corrected chi connectivity index (χ4v) is 3.88. The summed E-state index contributed by atoms with van der Waals surface area (Å²) >= 11 is 5.97. The Balaban J connectivity index is 2.02. The molecule has 3 aromatic heterocycles. The zero-order valence-electron chi connectivity index (χ0n) is 14.0. The Kier molecular flexibility index (Phi) is 4.63. The van der Waals surface area contributed by atoms with Crippen LogP contribution in [0.1, 0.15) is 11.3 Å². The molecule has 3 heterocycles. The maximum absolute atomic E-state index is 11.8. The number of hydrogen-bond donors (Lipinski definition) is 2. The highest BCUT2D eigenvalue weighted by Gasteiger charge is 2.21. The van der Waals surface area contributed by atoms with Gasteiger partial charge in [0.1, 0.15) is 11.5 Å². The van der Waals surface area contributed by atoms with E-state index in [9.17, 15) is 13.2 Å². The normalized spacial score (nSPS) is 11.8. The zero-order valence-corrected chi connectivity index (χ0v) is 15.5. The molecule has 0 spiro atoms. The van der Waals surface area contributed by atoms with Gasteiger partial charge in [-0.2, -0.15) is 5.10 Å². The minimum atomic E-state index is -3.95. The van der Waals surface area contributed by atoms with Crippen LogP contribution in [0.3, 0.4) is 0 Å². The Morgan fingerprint density at radius 2 is 2.15 bits per heavy atom. The maximum atomic E-state index is 11.8. The van der Waals surface area contributed by atoms with Gasteiger partial charge in [-0.15, -0.1) is 0 Å². The third kappa shape index (κ3) is 3.51. The number of halogens is 1. The van der Waals surface area contributed by atoms with Crippen molar-refractivity contribution in [2.45, 2.75) is 13.3 Å². The van der Waals surface area contributed by atoms with Crippen molar-refractivity contribution in [3.63, 3.8) is 0 Å². The third-order valence-corrected chi connectivity index (χ3v) is 5.33. The van der Waals surface area contributed by atoms with Crippen LogP contribution in [0, 0.1) is 6.92 Å². The molecule has 0 aliphatic carbocycles. The first-order valence-electron chi connectivity index (χ1n) is 7.57. The second-order valence-corrected chi connectivity index (χ2v) is 8.02. The monoisotopic (exact) mass is 397 g/mol. The largest absolute Gasteiger partial charge is 0.464 e. The average molecular weight is 398 g/mol. The number of hydrogen-bond acceptors (Lipinski definition) is 5. The number of nitrogens with one attached hydrogen (secondary N) is 1. The summed E-state index contributed by atoms with van der Waals surface area (Å²) in [7, 11) is -2.20. The van der Waals surface area contributed by atoms with Crippen molar-refractivity contribution in [1.29, 1.82) is 0 Å². The number of aromatic nitrogens is 4. The van der Waals surface area contributed by atoms with Gasteiger partial charge in [-0.3, -0.25) is 9.25 Å². The summed E-state index contributed by atoms with van der Waals surface area (Å²) in [5.74, 6) is 0.287. The molecular formula is C15H16ClN5O4S. The summed E-state index contributed by atoms with van der Waals surface area (Å²) in [4.78, 5) is 14.9. The molecule has 0 radical (unpaired) electrons. The molecule has 0 aromatic carbocycles. The van der Waals surface area contributed by atoms with Crippen molar-refractivity contribution in [1.82, 2.24) is 24.1 Å². The number of pyridine rings is 1. The molecule has 0 bridgehead atoms. The standard InChI is InChI=1S/C15H16ClN5O4S/c1-9-12(4-6-26(24,25)19-15(22)23)14(20(2)18-9)21-5-3-10-7-11(16)8-17-13(10)21/h3,5,7-8,19H,4,6H2,1-2H3,(H,22,23). The predicted octanol–water partition coefficient (Wildman–Crippen LogP) is 1.86. The molecule has 11 heteroatoms. The van der Waals surface area contributed by atoms with E-state index in [1.807, 2.05) is 6.07 Å². The second kappa shape index (κ2) is 6.61. The van der Waals surface area contributed by atoms with Gasteiger partial charge in [-0.05, 0) is 25.5 Å². The molecule has 0 fully saturated rings. The molecule has 0 aliphatic rings. The van der Waals surface area contributed by atoms with Crippen LogP contribution in [-0.2, 0) is 23.5 Å². The fourth-order valence-electron chi connectivity index (χ4n) is 2.87. The Bertz CT molecular complexity index is 1100. The Labute approximate surface area is 154 Å². The van der Waals surface area contributed by atoms with Crippen LogP contribution in [0.15, 0.2) is 24.5 Å². The number of nitrogens with zero attached hydrogens (tertiary/aromatic N) is 4. The first-order chi connectivity index (χ1) is 12.2. The van der Waals surface area contributed by atoms with Crippen LogP contribution in [0.5, 0.6) is 0 Å². The fraction of sp³-hybridized carbons (Fsp3) is 0.267. The van der Waals surface area contributed by atoms with Crippen molar-refractivity contribution in [3.8, 4) is 5.82 Å². The summed E-state index contributed by atoms with van der Waals surface area (Å²) in [5.41, 5.74) is 2.01. The van der Waals surface area contributed by atoms with E-state index >= 15 is 0 Å². The molecule has 0 saturated carbocycles. The predicted molar refractivity (Wildman–Crippen MR) is 96.2 cm³/mol. The Hall–Kier alpha value is -2.59. The van der Waals surface area contributed by atoms with Crippen LogP contribution in [0.4, 0.5) is 4.79 Å². The highest BCUT2D eigenvalue weighted by Crippen LogP contribution is 2.25. The lowest BCUT2D eigenvalue weighted by Gasteiger charge is -2.10. The third-order valence-electron chi connectivity index (χ3n) is 3.90. The summed E-state index contributed by atoms with van der Waals surface area (Å²) in [5, 5.41) is 14.3. The van der Waals surface area contributed by atoms with E-state index in [1.54, 1.807) is 35.5 Å². The van der Waals surface area contributed by atoms with Crippen LogP contribution in [-0.4, -0.2) is 44.7 Å². The van der Waals surface area contributed by atoms with Gasteiger partial charge in [0.15, 0.2) is 0 Å². The lowest BCUT2D eigenvalue weighted by Crippen LogP contribution is -2.31. The van der Waals surface area contributed by atoms with Gasteiger partial charge in [0, 0.05) is 30.4 Å². The minimum Gasteiger partial charge on any atom is -0.464 e. The second-order valence-electron chi connectivity index (χ2n) is 5.74. The van der Waals surface area contributed by atoms with E-state index in [1.165, 1.54) is 10.9 Å². The summed E-state index contributed by atoms with van der Waals surface area (Å²) in [6, 6.07) is 3.63. The van der Waals surface area contributed by atoms with Crippen LogP contribution >= 0.6 is 11.6 Å². The molecule has 0 unspecified atom stereocenters. The molecule has 9 nitrogen and oxygen atoms in total. The molecule has 0 saturated heterocycles. The smallest absolute Gasteiger partial charge is 0.418 e. The van der Waals surface area contributed by atoms with Gasteiger partial charge in [-0.25, -0.2) is 22.9 Å². The zero-order chi connectivity index (χ0) is 19.1. The quantitative estimate of drug-likeness (QED) is 0.678. The summed E-state index contributed by atoms with van der Waals surface area (Å²) < 4.78 is 28.6. The van der Waals surface area contributed by atoms with E-state index < -0.39 is 16.1 Å². The van der Waals surface area contributed by atoms with Gasteiger partial charge >= 0.3 is 6.09 Å². The maximum Gasteiger partial charge on any atom is 0.418 e. The van der Waals surface area contributed by atoms with Gasteiger partial charge in [0.25, 0.3) is 0 Å². The summed E-state index contributed by atoms with van der Waals surface area (Å²) in [6.45, 7) is 1.77. The first-order valence-corrected chi connectivity index (χ1v) is 9.60. The van der Waals surface area contributed by atoms with Gasteiger partial charge in [0.2, 0.25) is 10.0 Å². The molecule has 26 heavy (non-hydrogen) atoms. The van der Waals surface area contributed by atoms with Crippen LogP contribution in [0.25, 0.3) is 16.9 Å². The van der Waals surface area contributed by atoms with Crippen molar-refractivity contribution >= 4 is 38.8 Å². The van der Waals surface area contributed by atoms with E-state index in [2.05, 4.69) is 10.1 Å². The molecule has 138 valence electrons. The number of carbonyl (C=O) groups is 1. The molecule has 0 aliphatic heterocycles. The van der Waals surface area contributed by atoms with Gasteiger partial charge in [-0.1, -0.05) is 11.6 Å². The Morgan fingerprint density at radius 3 is 2.85 bits per heavy atom. The number of sulfonamides is 1. The lowest BCUT2D eigenvalue weighted by atomic mass is 10.2. The number of aryl methyl sites for hydroxylation is 2. The van der Waals surface area contributed by atoms with Crippen molar-refractivity contribution in [2.24, 2.45) is 7.05 Å². The van der Waals surface area contributed by atoms with E-state index in [0.29, 0.717) is 27.7 Å². The SMILES string of the molecule is Cc1nn(C)c(-n2ccc3cc(Cl)cnc32)c1CCS(=O)(=O)NC(=O)O. The minimum absolute atomic E-state index is 0.102. The number of rotatable bonds is 5. The van der Waals surface area contributed by atoms with Gasteiger partial charge < -0.3 is 5.11 Å². The van der Waals surface area contributed by atoms with Crippen molar-refractivity contribution in [2.75, 3.05) is 5.75 Å². The number of carboxylic acid groups (broad SMARTS) is 1. The molecule has 1 amide bonds. The van der Waals surface area contributed by atoms with E-state index in [-0.39, 0.29) is 12.2 Å². The van der Waals surface area contributed by atoms with E-state index in [4.69, 9.17) is 16.7 Å². The van der Waals surface area contributed by atoms with Crippen molar-refractivity contribution in [3.05, 3.63) is 40.8 Å². The number of amides is 1. The molecule has 3 aromatic rings. The molecule has 0 atom stereocenters. The molecular weight excluding hydrogens is 382 g/mol. The van der Waals surface area contributed by atoms with Crippen LogP contribution < -0.4 is 4.72 Å². The van der Waals surface area contributed by atoms with E-state index in [0.717, 1.165) is 5.39 Å². The Morgan fingerprint density at radius 1 is 1.42 bits per heavy atom. The first kappa shape index (κ1) is 18.2. The highest BCUT2D eigenvalue weighted by molar-refractivity contribution is 7.90. The van der Waals surface area contributed by atoms with Gasteiger partial charge in [0.05, 0.1) is 16.5 Å². The molecule has 2 N–H and O–H groups in total. The topological polar surface area (TPSA) is 119 Å². The highest BCUT2D eigenvalue weighted by atomic mass is 35.5.